The van der Waals surface area contributed by atoms with Crippen molar-refractivity contribution in [3.63, 3.8) is 0 Å². The number of rotatable bonds is 0. The summed E-state index contributed by atoms with van der Waals surface area (Å²) in [5.41, 5.74) is 0.983. The van der Waals surface area contributed by atoms with E-state index in [0.717, 1.165) is 6.07 Å². The highest BCUT2D eigenvalue weighted by Gasteiger charge is 2.29. The fraction of sp³-hybridized carbons (Fsp3) is 0.364. The van der Waals surface area contributed by atoms with Gasteiger partial charge in [0.15, 0.2) is 5.78 Å². The number of benzene rings is 1. The van der Waals surface area contributed by atoms with Gasteiger partial charge in [0.2, 0.25) is 0 Å². The summed E-state index contributed by atoms with van der Waals surface area (Å²) in [5.74, 6) is -0.534. The maximum atomic E-state index is 11.6. The molecule has 0 aromatic heterocycles. The lowest BCUT2D eigenvalue weighted by atomic mass is 9.84. The van der Waals surface area contributed by atoms with Crippen molar-refractivity contribution in [2.75, 3.05) is 0 Å². The third-order valence-electron chi connectivity index (χ3n) is 2.84. The van der Waals surface area contributed by atoms with Gasteiger partial charge in [-0.15, -0.1) is 0 Å². The van der Waals surface area contributed by atoms with Gasteiger partial charge in [0.25, 0.3) is 0 Å². The predicted molar refractivity (Wildman–Crippen MR) is 53.0 cm³/mol. The summed E-state index contributed by atoms with van der Waals surface area (Å²) in [6.45, 7) is 1.62. The number of carbonyl (C=O) groups is 1. The number of hydrogen-bond acceptors (Lipinski definition) is 4. The van der Waals surface area contributed by atoms with Gasteiger partial charge in [-0.2, -0.15) is 0 Å². The average Bonchev–Trinajstić information content (AvgIpc) is 2.18. The topological polar surface area (TPSA) is 77.8 Å². The molecule has 3 N–H and O–H groups in total. The number of aliphatic hydroxyl groups excluding tert-OH is 1. The average molecular weight is 208 g/mol. The Balaban J connectivity index is 2.76. The molecule has 4 nitrogen and oxygen atoms in total. The van der Waals surface area contributed by atoms with Crippen LogP contribution in [0, 0.1) is 6.92 Å². The highest BCUT2D eigenvalue weighted by molar-refractivity contribution is 6.01. The van der Waals surface area contributed by atoms with Crippen molar-refractivity contribution in [2.24, 2.45) is 0 Å². The van der Waals surface area contributed by atoms with Gasteiger partial charge in [-0.1, -0.05) is 0 Å². The number of ketones is 1. The van der Waals surface area contributed by atoms with Gasteiger partial charge in [0, 0.05) is 18.1 Å². The van der Waals surface area contributed by atoms with Crippen LogP contribution in [0.3, 0.4) is 0 Å². The van der Waals surface area contributed by atoms with E-state index in [-0.39, 0.29) is 29.3 Å². The summed E-state index contributed by atoms with van der Waals surface area (Å²) >= 11 is 0. The van der Waals surface area contributed by atoms with Crippen LogP contribution in [-0.4, -0.2) is 21.1 Å². The second kappa shape index (κ2) is 3.24. The zero-order valence-corrected chi connectivity index (χ0v) is 8.32. The first-order chi connectivity index (χ1) is 7.02. The minimum atomic E-state index is -0.782. The van der Waals surface area contributed by atoms with Crippen LogP contribution in [0.25, 0.3) is 0 Å². The summed E-state index contributed by atoms with van der Waals surface area (Å²) in [6.07, 6.45) is -0.211. The summed E-state index contributed by atoms with van der Waals surface area (Å²) in [4.78, 5) is 11.6. The Labute approximate surface area is 86.8 Å². The van der Waals surface area contributed by atoms with Crippen molar-refractivity contribution >= 4 is 5.78 Å². The molecule has 0 amide bonds. The van der Waals surface area contributed by atoms with Gasteiger partial charge >= 0.3 is 0 Å². The van der Waals surface area contributed by atoms with Gasteiger partial charge in [0.05, 0.1) is 11.7 Å². The Hall–Kier alpha value is -1.55. The Bertz CT molecular complexity index is 437. The monoisotopic (exact) mass is 208 g/mol. The van der Waals surface area contributed by atoms with Gasteiger partial charge in [0.1, 0.15) is 11.5 Å². The van der Waals surface area contributed by atoms with Crippen LogP contribution in [0.1, 0.15) is 40.4 Å². The molecule has 0 saturated carbocycles. The molecular weight excluding hydrogens is 196 g/mol. The fourth-order valence-electron chi connectivity index (χ4n) is 2.02. The number of Topliss-reactive ketones (excluding diaryl/α,β-unsaturated/α-hetero) is 1. The zero-order chi connectivity index (χ0) is 11.2. The number of hydrogen-bond donors (Lipinski definition) is 3. The largest absolute Gasteiger partial charge is 0.508 e. The van der Waals surface area contributed by atoms with Crippen LogP contribution in [0.4, 0.5) is 0 Å². The van der Waals surface area contributed by atoms with E-state index in [9.17, 15) is 20.1 Å². The lowest BCUT2D eigenvalue weighted by Gasteiger charge is -2.23. The fourth-order valence-corrected chi connectivity index (χ4v) is 2.02. The minimum Gasteiger partial charge on any atom is -0.508 e. The molecule has 0 aliphatic heterocycles. The summed E-state index contributed by atoms with van der Waals surface area (Å²) < 4.78 is 0. The van der Waals surface area contributed by atoms with E-state index >= 15 is 0 Å². The molecule has 1 aromatic carbocycles. The van der Waals surface area contributed by atoms with Crippen molar-refractivity contribution in [1.82, 2.24) is 0 Å². The molecule has 2 rings (SSSR count). The van der Waals surface area contributed by atoms with Gasteiger partial charge in [-0.25, -0.2) is 0 Å². The smallest absolute Gasteiger partial charge is 0.167 e. The van der Waals surface area contributed by atoms with Crippen LogP contribution in [0.2, 0.25) is 0 Å². The van der Waals surface area contributed by atoms with Gasteiger partial charge in [-0.3, -0.25) is 4.79 Å². The molecule has 1 aliphatic rings. The first kappa shape index (κ1) is 9.98. The van der Waals surface area contributed by atoms with Gasteiger partial charge in [-0.05, 0) is 18.9 Å². The Morgan fingerprint density at radius 3 is 2.67 bits per heavy atom. The third kappa shape index (κ3) is 1.37. The minimum absolute atomic E-state index is 0.0972. The summed E-state index contributed by atoms with van der Waals surface area (Å²) in [6, 6.07) is 1.14. The van der Waals surface area contributed by atoms with Crippen molar-refractivity contribution in [3.05, 3.63) is 22.8 Å². The third-order valence-corrected chi connectivity index (χ3v) is 2.84. The quantitative estimate of drug-likeness (QED) is 0.602. The standard InChI is InChI=1S/C11H12O4/c1-5-8(14)4-9(15)11-7(13)3-2-6(12)10(5)11/h4,6,12,14-15H,2-3H2,1H3. The molecule has 0 spiro atoms. The maximum absolute atomic E-state index is 11.6. The Kier molecular flexibility index (Phi) is 2.16. The lowest BCUT2D eigenvalue weighted by molar-refractivity contribution is 0.0891. The molecule has 4 heteroatoms. The molecular formula is C11H12O4. The lowest BCUT2D eigenvalue weighted by Crippen LogP contribution is -2.17. The molecule has 0 fully saturated rings. The molecule has 1 aliphatic carbocycles. The van der Waals surface area contributed by atoms with E-state index in [1.54, 1.807) is 6.92 Å². The second-order valence-electron chi connectivity index (χ2n) is 3.81. The maximum Gasteiger partial charge on any atom is 0.167 e. The molecule has 1 aromatic rings. The van der Waals surface area contributed by atoms with Crippen LogP contribution in [0.15, 0.2) is 6.07 Å². The second-order valence-corrected chi connectivity index (χ2v) is 3.81. The van der Waals surface area contributed by atoms with E-state index < -0.39 is 6.10 Å². The summed E-state index contributed by atoms with van der Waals surface area (Å²) in [5, 5.41) is 28.8. The first-order valence-electron chi connectivity index (χ1n) is 4.79. The predicted octanol–water partition coefficient (Wildman–Crippen LogP) is 1.42. The molecule has 0 saturated heterocycles. The van der Waals surface area contributed by atoms with Gasteiger partial charge < -0.3 is 15.3 Å². The van der Waals surface area contributed by atoms with Crippen LogP contribution in [-0.2, 0) is 0 Å². The van der Waals surface area contributed by atoms with E-state index in [1.807, 2.05) is 0 Å². The van der Waals surface area contributed by atoms with E-state index in [1.165, 1.54) is 0 Å². The first-order valence-corrected chi connectivity index (χ1v) is 4.79. The zero-order valence-electron chi connectivity index (χ0n) is 8.32. The Morgan fingerprint density at radius 2 is 2.00 bits per heavy atom. The van der Waals surface area contributed by atoms with Crippen LogP contribution < -0.4 is 0 Å². The molecule has 80 valence electrons. The van der Waals surface area contributed by atoms with Crippen LogP contribution >= 0.6 is 0 Å². The highest BCUT2D eigenvalue weighted by atomic mass is 16.3. The van der Waals surface area contributed by atoms with Crippen molar-refractivity contribution in [1.29, 1.82) is 0 Å². The van der Waals surface area contributed by atoms with E-state index in [0.29, 0.717) is 17.5 Å². The number of aliphatic hydroxyl groups is 1. The number of phenols is 2. The highest BCUT2D eigenvalue weighted by Crippen LogP contribution is 2.40. The normalized spacial score (nSPS) is 20.1. The Morgan fingerprint density at radius 1 is 1.33 bits per heavy atom. The summed E-state index contributed by atoms with van der Waals surface area (Å²) in [7, 11) is 0. The molecule has 0 heterocycles. The number of aromatic hydroxyl groups is 2. The van der Waals surface area contributed by atoms with E-state index in [2.05, 4.69) is 0 Å². The molecule has 1 atom stereocenters. The van der Waals surface area contributed by atoms with Crippen molar-refractivity contribution < 1.29 is 20.1 Å². The van der Waals surface area contributed by atoms with Crippen LogP contribution in [0.5, 0.6) is 11.5 Å². The van der Waals surface area contributed by atoms with Crippen molar-refractivity contribution in [3.8, 4) is 11.5 Å². The molecule has 0 bridgehead atoms. The number of fused-ring (bicyclic) bond motifs is 1. The molecule has 15 heavy (non-hydrogen) atoms. The number of carbonyl (C=O) groups excluding carboxylic acids is 1. The van der Waals surface area contributed by atoms with Crippen molar-refractivity contribution in [2.45, 2.75) is 25.9 Å². The van der Waals surface area contributed by atoms with E-state index in [4.69, 9.17) is 0 Å². The SMILES string of the molecule is Cc1c(O)cc(O)c2c1C(O)CCC2=O. The molecule has 1 unspecified atom stereocenters. The molecule has 0 radical (unpaired) electrons. The number of phenolic OH excluding ortho intramolecular Hbond substituents is 2.